The van der Waals surface area contributed by atoms with Crippen molar-refractivity contribution in [3.05, 3.63) is 0 Å². The number of aliphatic carboxylic acids is 1. The number of amides is 2. The monoisotopic (exact) mass is 268 g/mol. The van der Waals surface area contributed by atoms with Crippen molar-refractivity contribution in [3.8, 4) is 12.3 Å². The maximum atomic E-state index is 11.5. The molecule has 19 heavy (non-hydrogen) atoms. The lowest BCUT2D eigenvalue weighted by molar-refractivity contribution is -0.141. The first-order valence-electron chi connectivity index (χ1n) is 6.17. The molecule has 0 aromatic heterocycles. The van der Waals surface area contributed by atoms with Crippen LogP contribution in [0.4, 0.5) is 0 Å². The predicted octanol–water partition coefficient (Wildman–Crippen LogP) is 0.276. The zero-order chi connectivity index (χ0) is 14.7. The fourth-order valence-electron chi connectivity index (χ4n) is 1.44. The van der Waals surface area contributed by atoms with Crippen LogP contribution in [0, 0.1) is 12.3 Å². The summed E-state index contributed by atoms with van der Waals surface area (Å²) in [6.45, 7) is 2.04. The van der Waals surface area contributed by atoms with Gasteiger partial charge in [0.25, 0.3) is 0 Å². The number of carbonyl (C=O) groups is 3. The molecule has 0 aliphatic heterocycles. The van der Waals surface area contributed by atoms with E-state index in [9.17, 15) is 14.4 Å². The highest BCUT2D eigenvalue weighted by molar-refractivity contribution is 5.83. The van der Waals surface area contributed by atoms with Crippen LogP contribution in [0.3, 0.4) is 0 Å². The largest absolute Gasteiger partial charge is 0.480 e. The second-order valence-electron chi connectivity index (χ2n) is 4.16. The molecule has 0 aromatic rings. The summed E-state index contributed by atoms with van der Waals surface area (Å²) in [4.78, 5) is 32.8. The van der Waals surface area contributed by atoms with Gasteiger partial charge in [-0.05, 0) is 12.8 Å². The van der Waals surface area contributed by atoms with Crippen molar-refractivity contribution >= 4 is 17.8 Å². The molecule has 106 valence electrons. The van der Waals surface area contributed by atoms with Gasteiger partial charge in [-0.3, -0.25) is 9.59 Å². The minimum absolute atomic E-state index is 0.0242. The van der Waals surface area contributed by atoms with Crippen LogP contribution in [0.15, 0.2) is 0 Å². The lowest BCUT2D eigenvalue weighted by Gasteiger charge is -2.11. The molecule has 0 saturated carbocycles. The molecule has 0 bridgehead atoms. The molecule has 0 radical (unpaired) electrons. The van der Waals surface area contributed by atoms with Gasteiger partial charge in [0, 0.05) is 26.3 Å². The van der Waals surface area contributed by atoms with Gasteiger partial charge in [-0.2, -0.15) is 0 Å². The second-order valence-corrected chi connectivity index (χ2v) is 4.16. The Morgan fingerprint density at radius 2 is 1.95 bits per heavy atom. The van der Waals surface area contributed by atoms with Crippen molar-refractivity contribution in [2.75, 3.05) is 6.54 Å². The predicted molar refractivity (Wildman–Crippen MR) is 70.2 cm³/mol. The smallest absolute Gasteiger partial charge is 0.327 e. The minimum Gasteiger partial charge on any atom is -0.480 e. The molecule has 2 amide bonds. The van der Waals surface area contributed by atoms with E-state index in [0.717, 1.165) is 12.8 Å². The van der Waals surface area contributed by atoms with Crippen LogP contribution < -0.4 is 10.6 Å². The lowest BCUT2D eigenvalue weighted by atomic mass is 10.1. The topological polar surface area (TPSA) is 95.5 Å². The molecule has 0 heterocycles. The highest BCUT2D eigenvalue weighted by Gasteiger charge is 2.17. The summed E-state index contributed by atoms with van der Waals surface area (Å²) < 4.78 is 0. The van der Waals surface area contributed by atoms with Crippen LogP contribution in [0.5, 0.6) is 0 Å². The third kappa shape index (κ3) is 9.65. The average Bonchev–Trinajstić information content (AvgIpc) is 2.32. The van der Waals surface area contributed by atoms with E-state index in [-0.39, 0.29) is 24.7 Å². The zero-order valence-electron chi connectivity index (χ0n) is 11.1. The van der Waals surface area contributed by atoms with Crippen LogP contribution >= 0.6 is 0 Å². The second kappa shape index (κ2) is 9.95. The van der Waals surface area contributed by atoms with Gasteiger partial charge >= 0.3 is 5.97 Å². The Labute approximate surface area is 112 Å². The van der Waals surface area contributed by atoms with E-state index < -0.39 is 12.0 Å². The number of carbonyl (C=O) groups excluding carboxylic acids is 2. The number of nitrogens with one attached hydrogen (secondary N) is 2. The molecule has 6 heteroatoms. The molecule has 0 spiro atoms. The summed E-state index contributed by atoms with van der Waals surface area (Å²) in [5.41, 5.74) is 0. The van der Waals surface area contributed by atoms with Crippen LogP contribution in [0.1, 0.15) is 39.0 Å². The molecule has 6 nitrogen and oxygen atoms in total. The molecule has 3 N–H and O–H groups in total. The van der Waals surface area contributed by atoms with Crippen molar-refractivity contribution in [2.45, 2.75) is 45.1 Å². The molecule has 0 aliphatic carbocycles. The van der Waals surface area contributed by atoms with Gasteiger partial charge in [0.15, 0.2) is 0 Å². The van der Waals surface area contributed by atoms with Crippen LogP contribution in [-0.4, -0.2) is 35.5 Å². The zero-order valence-corrected chi connectivity index (χ0v) is 11.1. The maximum Gasteiger partial charge on any atom is 0.327 e. The summed E-state index contributed by atoms with van der Waals surface area (Å²) in [6, 6.07) is -1.02. The molecular weight excluding hydrogens is 248 g/mol. The molecule has 1 unspecified atom stereocenters. The van der Waals surface area contributed by atoms with Crippen molar-refractivity contribution < 1.29 is 19.5 Å². The van der Waals surface area contributed by atoms with E-state index in [0.29, 0.717) is 13.0 Å². The van der Waals surface area contributed by atoms with E-state index in [1.54, 1.807) is 0 Å². The van der Waals surface area contributed by atoms with E-state index in [4.69, 9.17) is 11.5 Å². The van der Waals surface area contributed by atoms with Gasteiger partial charge in [-0.25, -0.2) is 4.79 Å². The quantitative estimate of drug-likeness (QED) is 0.413. The molecule has 0 rings (SSSR count). The summed E-state index contributed by atoms with van der Waals surface area (Å²) >= 11 is 0. The normalized spacial score (nSPS) is 11.2. The number of carboxylic acids is 1. The molecule has 0 saturated heterocycles. The SMILES string of the molecule is C#CCC(NC(=O)CCCCCNC(C)=O)C(=O)O. The summed E-state index contributed by atoms with van der Waals surface area (Å²) in [6.07, 6.45) is 7.49. The van der Waals surface area contributed by atoms with E-state index in [1.807, 2.05) is 0 Å². The number of hydrogen-bond acceptors (Lipinski definition) is 3. The van der Waals surface area contributed by atoms with Crippen LogP contribution in [-0.2, 0) is 14.4 Å². The molecule has 0 aliphatic rings. The van der Waals surface area contributed by atoms with E-state index >= 15 is 0 Å². The first-order valence-corrected chi connectivity index (χ1v) is 6.17. The Balaban J connectivity index is 3.71. The van der Waals surface area contributed by atoms with Gasteiger partial charge < -0.3 is 15.7 Å². The van der Waals surface area contributed by atoms with Gasteiger partial charge in [0.1, 0.15) is 6.04 Å². The van der Waals surface area contributed by atoms with Crippen molar-refractivity contribution in [3.63, 3.8) is 0 Å². The summed E-state index contributed by atoms with van der Waals surface area (Å²) in [7, 11) is 0. The van der Waals surface area contributed by atoms with Crippen molar-refractivity contribution in [2.24, 2.45) is 0 Å². The maximum absolute atomic E-state index is 11.5. The van der Waals surface area contributed by atoms with Gasteiger partial charge in [0.05, 0.1) is 0 Å². The Hall–Kier alpha value is -2.03. The number of unbranched alkanes of at least 4 members (excludes halogenated alkanes) is 2. The van der Waals surface area contributed by atoms with Gasteiger partial charge in [-0.1, -0.05) is 6.42 Å². The highest BCUT2D eigenvalue weighted by atomic mass is 16.4. The van der Waals surface area contributed by atoms with Crippen molar-refractivity contribution in [1.82, 2.24) is 10.6 Å². The van der Waals surface area contributed by atoms with Crippen LogP contribution in [0.2, 0.25) is 0 Å². The standard InChI is InChI=1S/C13H20N2O4/c1-3-7-11(13(18)19)15-12(17)8-5-4-6-9-14-10(2)16/h1,11H,4-9H2,2H3,(H,14,16)(H,15,17)(H,18,19). The van der Waals surface area contributed by atoms with E-state index in [2.05, 4.69) is 16.6 Å². The molecule has 1 atom stereocenters. The molecular formula is C13H20N2O4. The third-order valence-corrected chi connectivity index (χ3v) is 2.41. The Kier molecular flexibility index (Phi) is 8.88. The lowest BCUT2D eigenvalue weighted by Crippen LogP contribution is -2.40. The summed E-state index contributed by atoms with van der Waals surface area (Å²) in [5.74, 6) is 0.695. The van der Waals surface area contributed by atoms with Gasteiger partial charge in [0.2, 0.25) is 11.8 Å². The Bertz CT molecular complexity index is 360. The van der Waals surface area contributed by atoms with Crippen LogP contribution in [0.25, 0.3) is 0 Å². The number of hydrogen-bond donors (Lipinski definition) is 3. The fraction of sp³-hybridized carbons (Fsp3) is 0.615. The first-order chi connectivity index (χ1) is 8.97. The number of rotatable bonds is 9. The van der Waals surface area contributed by atoms with Crippen molar-refractivity contribution in [1.29, 1.82) is 0 Å². The Morgan fingerprint density at radius 3 is 2.47 bits per heavy atom. The highest BCUT2D eigenvalue weighted by Crippen LogP contribution is 2.00. The number of carboxylic acid groups (broad SMARTS) is 1. The van der Waals surface area contributed by atoms with Gasteiger partial charge in [-0.15, -0.1) is 12.3 Å². The van der Waals surface area contributed by atoms with E-state index in [1.165, 1.54) is 6.92 Å². The Morgan fingerprint density at radius 1 is 1.26 bits per heavy atom. The fourth-order valence-corrected chi connectivity index (χ4v) is 1.44. The first kappa shape index (κ1) is 17.0. The molecule has 0 fully saturated rings. The minimum atomic E-state index is -1.13. The molecule has 0 aromatic carbocycles. The average molecular weight is 268 g/mol. The summed E-state index contributed by atoms with van der Waals surface area (Å²) in [5, 5.41) is 13.8. The third-order valence-electron chi connectivity index (χ3n) is 2.41. The number of terminal acetylenes is 1.